The Hall–Kier alpha value is -1.66. The Bertz CT molecular complexity index is 537. The van der Waals surface area contributed by atoms with Gasteiger partial charge >= 0.3 is 0 Å². The highest BCUT2D eigenvalue weighted by molar-refractivity contribution is 5.76. The van der Waals surface area contributed by atoms with Crippen LogP contribution < -0.4 is 4.74 Å². The summed E-state index contributed by atoms with van der Waals surface area (Å²) in [4.78, 5) is 16.2. The SMILES string of the molecule is CC(C)(O)CN1CCN(C(=O)CCCOc2ccccc2F)CC1. The van der Waals surface area contributed by atoms with Crippen molar-refractivity contribution >= 4 is 5.91 Å². The van der Waals surface area contributed by atoms with E-state index in [9.17, 15) is 14.3 Å². The third kappa shape index (κ3) is 6.09. The maximum absolute atomic E-state index is 13.4. The van der Waals surface area contributed by atoms with E-state index in [-0.39, 0.29) is 17.5 Å². The summed E-state index contributed by atoms with van der Waals surface area (Å²) in [6.45, 7) is 7.45. The maximum atomic E-state index is 13.4. The van der Waals surface area contributed by atoms with E-state index in [0.29, 0.717) is 39.1 Å². The molecule has 0 unspecified atom stereocenters. The van der Waals surface area contributed by atoms with Crippen molar-refractivity contribution in [2.75, 3.05) is 39.3 Å². The Labute approximate surface area is 143 Å². The molecule has 134 valence electrons. The largest absolute Gasteiger partial charge is 0.491 e. The minimum Gasteiger partial charge on any atom is -0.491 e. The molecule has 1 saturated heterocycles. The lowest BCUT2D eigenvalue weighted by Crippen LogP contribution is -2.52. The summed E-state index contributed by atoms with van der Waals surface area (Å²) in [5.41, 5.74) is -0.712. The van der Waals surface area contributed by atoms with Gasteiger partial charge in [0, 0.05) is 39.1 Å². The first kappa shape index (κ1) is 18.7. The Kier molecular flexibility index (Phi) is 6.57. The molecule has 1 heterocycles. The molecule has 1 aliphatic heterocycles. The van der Waals surface area contributed by atoms with Crippen LogP contribution in [0.5, 0.6) is 5.75 Å². The Balaban J connectivity index is 1.64. The predicted octanol–water partition coefficient (Wildman–Crippen LogP) is 1.90. The minimum absolute atomic E-state index is 0.107. The molecule has 0 atom stereocenters. The number of piperazine rings is 1. The fraction of sp³-hybridized carbons (Fsp3) is 0.611. The summed E-state index contributed by atoms with van der Waals surface area (Å²) in [6, 6.07) is 6.27. The van der Waals surface area contributed by atoms with Gasteiger partial charge in [-0.05, 0) is 32.4 Å². The average molecular weight is 338 g/mol. The second kappa shape index (κ2) is 8.44. The molecule has 0 aliphatic carbocycles. The molecule has 1 amide bonds. The number of β-amino-alcohol motifs (C(OH)–C–C–N with tert-alkyl or cyclic N) is 1. The highest BCUT2D eigenvalue weighted by atomic mass is 19.1. The number of benzene rings is 1. The number of nitrogens with zero attached hydrogens (tertiary/aromatic N) is 2. The van der Waals surface area contributed by atoms with Crippen LogP contribution in [0.4, 0.5) is 4.39 Å². The molecule has 0 saturated carbocycles. The standard InChI is InChI=1S/C18H27FN2O3/c1-18(2,23)14-20-9-11-21(12-10-20)17(22)8-5-13-24-16-7-4-3-6-15(16)19/h3-4,6-7,23H,5,8-14H2,1-2H3. The van der Waals surface area contributed by atoms with Gasteiger partial charge in [-0.1, -0.05) is 12.1 Å². The molecule has 0 radical (unpaired) electrons. The lowest BCUT2D eigenvalue weighted by molar-refractivity contribution is -0.133. The number of hydrogen-bond acceptors (Lipinski definition) is 4. The summed E-state index contributed by atoms with van der Waals surface area (Å²) in [5.74, 6) is -0.0491. The van der Waals surface area contributed by atoms with Gasteiger partial charge in [-0.15, -0.1) is 0 Å². The summed E-state index contributed by atoms with van der Waals surface area (Å²) < 4.78 is 18.8. The Morgan fingerprint density at radius 2 is 1.92 bits per heavy atom. The van der Waals surface area contributed by atoms with Crippen molar-refractivity contribution in [1.29, 1.82) is 0 Å². The molecule has 6 heteroatoms. The molecule has 1 fully saturated rings. The topological polar surface area (TPSA) is 53.0 Å². The van der Waals surface area contributed by atoms with E-state index in [1.54, 1.807) is 32.0 Å². The summed E-state index contributed by atoms with van der Waals surface area (Å²) in [5, 5.41) is 9.84. The monoisotopic (exact) mass is 338 g/mol. The summed E-state index contributed by atoms with van der Waals surface area (Å²) in [6.07, 6.45) is 0.969. The summed E-state index contributed by atoms with van der Waals surface area (Å²) >= 11 is 0. The van der Waals surface area contributed by atoms with Crippen LogP contribution in [0.2, 0.25) is 0 Å². The smallest absolute Gasteiger partial charge is 0.222 e. The number of amides is 1. The van der Waals surface area contributed by atoms with Gasteiger partial charge in [-0.3, -0.25) is 9.69 Å². The van der Waals surface area contributed by atoms with Crippen LogP contribution in [0.3, 0.4) is 0 Å². The first-order chi connectivity index (χ1) is 11.3. The zero-order valence-corrected chi connectivity index (χ0v) is 14.5. The molecule has 0 aromatic heterocycles. The highest BCUT2D eigenvalue weighted by Gasteiger charge is 2.24. The summed E-state index contributed by atoms with van der Waals surface area (Å²) in [7, 11) is 0. The van der Waals surface area contributed by atoms with E-state index in [4.69, 9.17) is 4.74 Å². The van der Waals surface area contributed by atoms with Crippen LogP contribution in [0.1, 0.15) is 26.7 Å². The van der Waals surface area contributed by atoms with Crippen LogP contribution in [-0.4, -0.2) is 65.7 Å². The van der Waals surface area contributed by atoms with Gasteiger partial charge in [0.25, 0.3) is 0 Å². The lowest BCUT2D eigenvalue weighted by Gasteiger charge is -2.37. The van der Waals surface area contributed by atoms with Gasteiger partial charge < -0.3 is 14.7 Å². The number of carbonyl (C=O) groups excluding carboxylic acids is 1. The van der Waals surface area contributed by atoms with Crippen LogP contribution in [0.15, 0.2) is 24.3 Å². The third-order valence-corrected chi connectivity index (χ3v) is 3.96. The van der Waals surface area contributed by atoms with Crippen LogP contribution in [-0.2, 0) is 4.79 Å². The molecule has 1 aromatic rings. The van der Waals surface area contributed by atoms with E-state index in [1.165, 1.54) is 6.07 Å². The molecule has 0 spiro atoms. The van der Waals surface area contributed by atoms with E-state index in [1.807, 2.05) is 4.90 Å². The molecule has 5 nitrogen and oxygen atoms in total. The highest BCUT2D eigenvalue weighted by Crippen LogP contribution is 2.16. The first-order valence-electron chi connectivity index (χ1n) is 8.45. The number of rotatable bonds is 7. The van der Waals surface area contributed by atoms with Gasteiger partial charge in [0.2, 0.25) is 5.91 Å². The van der Waals surface area contributed by atoms with Gasteiger partial charge in [-0.2, -0.15) is 0 Å². The first-order valence-corrected chi connectivity index (χ1v) is 8.45. The number of halogens is 1. The zero-order valence-electron chi connectivity index (χ0n) is 14.5. The van der Waals surface area contributed by atoms with Gasteiger partial charge in [0.1, 0.15) is 0 Å². The fourth-order valence-electron chi connectivity index (χ4n) is 2.83. The third-order valence-electron chi connectivity index (χ3n) is 3.96. The van der Waals surface area contributed by atoms with Crippen molar-refractivity contribution in [3.63, 3.8) is 0 Å². The minimum atomic E-state index is -0.712. The Morgan fingerprint density at radius 1 is 1.25 bits per heavy atom. The van der Waals surface area contributed by atoms with Crippen molar-refractivity contribution in [2.45, 2.75) is 32.3 Å². The molecule has 1 aliphatic rings. The number of carbonyl (C=O) groups is 1. The molecule has 1 aromatic carbocycles. The molecule has 2 rings (SSSR count). The number of aliphatic hydroxyl groups is 1. The number of ether oxygens (including phenoxy) is 1. The number of para-hydroxylation sites is 1. The Morgan fingerprint density at radius 3 is 2.54 bits per heavy atom. The molecule has 1 N–H and O–H groups in total. The van der Waals surface area contributed by atoms with Crippen molar-refractivity contribution in [3.05, 3.63) is 30.1 Å². The van der Waals surface area contributed by atoms with Crippen molar-refractivity contribution in [2.24, 2.45) is 0 Å². The second-order valence-electron chi connectivity index (χ2n) is 6.85. The quantitative estimate of drug-likeness (QED) is 0.772. The van der Waals surface area contributed by atoms with E-state index >= 15 is 0 Å². The van der Waals surface area contributed by atoms with Gasteiger partial charge in [0.15, 0.2) is 11.6 Å². The second-order valence-corrected chi connectivity index (χ2v) is 6.85. The lowest BCUT2D eigenvalue weighted by atomic mass is 10.1. The predicted molar refractivity (Wildman–Crippen MR) is 90.4 cm³/mol. The average Bonchev–Trinajstić information content (AvgIpc) is 2.52. The van der Waals surface area contributed by atoms with E-state index in [0.717, 1.165) is 13.1 Å². The molecule has 24 heavy (non-hydrogen) atoms. The zero-order chi connectivity index (χ0) is 17.6. The molecule has 0 bridgehead atoms. The number of hydrogen-bond donors (Lipinski definition) is 1. The molecular formula is C18H27FN2O3. The van der Waals surface area contributed by atoms with Crippen molar-refractivity contribution in [3.8, 4) is 5.75 Å². The van der Waals surface area contributed by atoms with Crippen LogP contribution >= 0.6 is 0 Å². The van der Waals surface area contributed by atoms with E-state index in [2.05, 4.69) is 4.90 Å². The van der Waals surface area contributed by atoms with Gasteiger partial charge in [0.05, 0.1) is 12.2 Å². The normalized spacial score (nSPS) is 16.2. The fourth-order valence-corrected chi connectivity index (χ4v) is 2.83. The van der Waals surface area contributed by atoms with Crippen LogP contribution in [0, 0.1) is 5.82 Å². The van der Waals surface area contributed by atoms with Gasteiger partial charge in [-0.25, -0.2) is 4.39 Å². The van der Waals surface area contributed by atoms with Crippen LogP contribution in [0.25, 0.3) is 0 Å². The maximum Gasteiger partial charge on any atom is 0.222 e. The molecular weight excluding hydrogens is 311 g/mol. The van der Waals surface area contributed by atoms with E-state index < -0.39 is 5.60 Å². The van der Waals surface area contributed by atoms with Crippen molar-refractivity contribution in [1.82, 2.24) is 9.80 Å². The van der Waals surface area contributed by atoms with Crippen molar-refractivity contribution < 1.29 is 19.0 Å².